The third-order valence-electron chi connectivity index (χ3n) is 4.88. The average molecular weight is 522 g/mol. The number of unbranched alkanes of at least 4 members (excludes halogenated alkanes) is 1. The third-order valence-corrected chi connectivity index (χ3v) is 5.59. The Morgan fingerprint density at radius 1 is 1.07 bits per heavy atom. The van der Waals surface area contributed by atoms with Gasteiger partial charge in [-0.25, -0.2) is 0 Å². The van der Waals surface area contributed by atoms with E-state index >= 15 is 0 Å². The highest BCUT2D eigenvalue weighted by molar-refractivity contribution is 14.1. The Morgan fingerprint density at radius 2 is 1.77 bits per heavy atom. The van der Waals surface area contributed by atoms with Gasteiger partial charge >= 0.3 is 0 Å². The Morgan fingerprint density at radius 3 is 2.40 bits per heavy atom. The maximum absolute atomic E-state index is 13.1. The summed E-state index contributed by atoms with van der Waals surface area (Å²) in [5, 5.41) is 2.97. The van der Waals surface area contributed by atoms with E-state index in [1.165, 1.54) is 0 Å². The van der Waals surface area contributed by atoms with E-state index in [9.17, 15) is 9.59 Å². The van der Waals surface area contributed by atoms with Gasteiger partial charge in [-0.05, 0) is 71.7 Å². The minimum Gasteiger partial charge on any atom is -0.484 e. The van der Waals surface area contributed by atoms with Gasteiger partial charge in [0.15, 0.2) is 6.61 Å². The van der Waals surface area contributed by atoms with Crippen LogP contribution in [0.25, 0.3) is 0 Å². The number of rotatable bonds is 12. The summed E-state index contributed by atoms with van der Waals surface area (Å²) >= 11 is 2.22. The van der Waals surface area contributed by atoms with E-state index in [1.807, 2.05) is 61.5 Å². The van der Waals surface area contributed by atoms with E-state index in [4.69, 9.17) is 4.74 Å². The molecule has 0 spiro atoms. The lowest BCUT2D eigenvalue weighted by Gasteiger charge is -2.30. The van der Waals surface area contributed by atoms with Crippen LogP contribution < -0.4 is 10.1 Å². The number of carbonyl (C=O) groups excluding carboxylic acids is 2. The second-order valence-electron chi connectivity index (χ2n) is 7.13. The molecule has 0 saturated heterocycles. The monoisotopic (exact) mass is 522 g/mol. The van der Waals surface area contributed by atoms with Crippen molar-refractivity contribution >= 4 is 34.4 Å². The summed E-state index contributed by atoms with van der Waals surface area (Å²) in [5.41, 5.74) is 1.13. The molecule has 0 radical (unpaired) electrons. The topological polar surface area (TPSA) is 58.6 Å². The molecule has 1 N–H and O–H groups in total. The molecule has 2 aromatic carbocycles. The molecule has 0 aliphatic carbocycles. The van der Waals surface area contributed by atoms with Gasteiger partial charge in [0.05, 0.1) is 0 Å². The van der Waals surface area contributed by atoms with Crippen LogP contribution in [0.5, 0.6) is 5.75 Å². The van der Waals surface area contributed by atoms with E-state index < -0.39 is 6.04 Å². The van der Waals surface area contributed by atoms with Crippen molar-refractivity contribution in [1.82, 2.24) is 10.2 Å². The molecule has 1 atom stereocenters. The Bertz CT molecular complexity index is 781. The number of nitrogens with zero attached hydrogens (tertiary/aromatic N) is 1. The first-order chi connectivity index (χ1) is 14.5. The van der Waals surface area contributed by atoms with Crippen molar-refractivity contribution < 1.29 is 14.3 Å². The van der Waals surface area contributed by atoms with Crippen LogP contribution in [0.15, 0.2) is 54.6 Å². The van der Waals surface area contributed by atoms with Gasteiger partial charge in [0.2, 0.25) is 5.91 Å². The number of benzene rings is 2. The van der Waals surface area contributed by atoms with Crippen LogP contribution >= 0.6 is 22.6 Å². The smallest absolute Gasteiger partial charge is 0.261 e. The fourth-order valence-corrected chi connectivity index (χ4v) is 3.52. The quantitative estimate of drug-likeness (QED) is 0.332. The highest BCUT2D eigenvalue weighted by Gasteiger charge is 2.28. The van der Waals surface area contributed by atoms with Crippen molar-refractivity contribution in [2.24, 2.45) is 0 Å². The highest BCUT2D eigenvalue weighted by atomic mass is 127. The zero-order valence-electron chi connectivity index (χ0n) is 17.8. The van der Waals surface area contributed by atoms with Crippen molar-refractivity contribution in [2.75, 3.05) is 19.7 Å². The minimum atomic E-state index is -0.501. The largest absolute Gasteiger partial charge is 0.484 e. The standard InChI is InChI=1S/C24H31IN2O3/c1-3-5-16-26-24(29)22(4-2)27(17-15-19-9-7-6-8-10-19)23(28)18-30-21-13-11-20(25)12-14-21/h6-14,22H,3-5,15-18H2,1-2H3,(H,26,29)/t22-/m0/s1. The first-order valence-corrected chi connectivity index (χ1v) is 11.6. The highest BCUT2D eigenvalue weighted by Crippen LogP contribution is 2.15. The minimum absolute atomic E-state index is 0.0892. The van der Waals surface area contributed by atoms with Crippen LogP contribution in [-0.2, 0) is 16.0 Å². The lowest BCUT2D eigenvalue weighted by molar-refractivity contribution is -0.142. The van der Waals surface area contributed by atoms with Crippen molar-refractivity contribution in [3.8, 4) is 5.75 Å². The Labute approximate surface area is 193 Å². The zero-order chi connectivity index (χ0) is 21.8. The zero-order valence-corrected chi connectivity index (χ0v) is 19.9. The molecule has 0 saturated carbocycles. The van der Waals surface area contributed by atoms with Gasteiger partial charge in [-0.2, -0.15) is 0 Å². The summed E-state index contributed by atoms with van der Waals surface area (Å²) in [5.74, 6) is 0.371. The van der Waals surface area contributed by atoms with Crippen LogP contribution in [0.1, 0.15) is 38.7 Å². The van der Waals surface area contributed by atoms with Crippen LogP contribution in [-0.4, -0.2) is 42.5 Å². The van der Waals surface area contributed by atoms with Gasteiger partial charge in [-0.15, -0.1) is 0 Å². The maximum Gasteiger partial charge on any atom is 0.261 e. The first-order valence-electron chi connectivity index (χ1n) is 10.5. The number of hydrogen-bond acceptors (Lipinski definition) is 3. The molecule has 6 heteroatoms. The van der Waals surface area contributed by atoms with E-state index in [0.717, 1.165) is 22.0 Å². The molecular formula is C24H31IN2O3. The molecule has 0 aromatic heterocycles. The molecule has 0 unspecified atom stereocenters. The van der Waals surface area contributed by atoms with Crippen molar-refractivity contribution in [2.45, 2.75) is 45.6 Å². The Kier molecular flexibility index (Phi) is 10.7. The molecular weight excluding hydrogens is 491 g/mol. The number of halogens is 1. The van der Waals surface area contributed by atoms with E-state index in [0.29, 0.717) is 31.7 Å². The summed E-state index contributed by atoms with van der Waals surface area (Å²) in [4.78, 5) is 27.5. The van der Waals surface area contributed by atoms with E-state index in [1.54, 1.807) is 4.90 Å². The summed E-state index contributed by atoms with van der Waals surface area (Å²) < 4.78 is 6.80. The van der Waals surface area contributed by atoms with Gasteiger partial charge in [-0.3, -0.25) is 9.59 Å². The normalized spacial score (nSPS) is 11.6. The summed E-state index contributed by atoms with van der Waals surface area (Å²) in [6.07, 6.45) is 3.19. The number of carbonyl (C=O) groups is 2. The Hall–Kier alpha value is -2.09. The molecule has 0 aliphatic heterocycles. The number of ether oxygens (including phenoxy) is 1. The lowest BCUT2D eigenvalue weighted by atomic mass is 10.1. The fraction of sp³-hybridized carbons (Fsp3) is 0.417. The summed E-state index contributed by atoms with van der Waals surface area (Å²) in [7, 11) is 0. The average Bonchev–Trinajstić information content (AvgIpc) is 2.76. The van der Waals surface area contributed by atoms with Gasteiger partial charge in [0.25, 0.3) is 5.91 Å². The van der Waals surface area contributed by atoms with Crippen molar-refractivity contribution in [1.29, 1.82) is 0 Å². The van der Waals surface area contributed by atoms with Crippen LogP contribution in [0, 0.1) is 3.57 Å². The third kappa shape index (κ3) is 7.97. The second-order valence-corrected chi connectivity index (χ2v) is 8.38. The van der Waals surface area contributed by atoms with Crippen LogP contribution in [0.4, 0.5) is 0 Å². The first kappa shape index (κ1) is 24.2. The van der Waals surface area contributed by atoms with Crippen LogP contribution in [0.2, 0.25) is 0 Å². The maximum atomic E-state index is 13.1. The predicted molar refractivity (Wildman–Crippen MR) is 129 cm³/mol. The lowest BCUT2D eigenvalue weighted by Crippen LogP contribution is -2.51. The molecule has 162 valence electrons. The number of amides is 2. The van der Waals surface area contributed by atoms with Gasteiger partial charge in [0.1, 0.15) is 11.8 Å². The molecule has 30 heavy (non-hydrogen) atoms. The molecule has 2 amide bonds. The number of hydrogen-bond donors (Lipinski definition) is 1. The van der Waals surface area contributed by atoms with Crippen LogP contribution in [0.3, 0.4) is 0 Å². The van der Waals surface area contributed by atoms with E-state index in [-0.39, 0.29) is 18.4 Å². The van der Waals surface area contributed by atoms with Gasteiger partial charge < -0.3 is 15.0 Å². The fourth-order valence-electron chi connectivity index (χ4n) is 3.16. The SMILES string of the molecule is CCCCNC(=O)[C@H](CC)N(CCc1ccccc1)C(=O)COc1ccc(I)cc1. The summed E-state index contributed by atoms with van der Waals surface area (Å²) in [6.45, 7) is 5.03. The molecule has 0 fully saturated rings. The molecule has 0 heterocycles. The van der Waals surface area contributed by atoms with Crippen molar-refractivity contribution in [3.05, 3.63) is 63.7 Å². The van der Waals surface area contributed by atoms with Gasteiger partial charge in [0, 0.05) is 16.7 Å². The molecule has 0 aliphatic rings. The Balaban J connectivity index is 2.08. The van der Waals surface area contributed by atoms with E-state index in [2.05, 4.69) is 34.8 Å². The molecule has 0 bridgehead atoms. The molecule has 5 nitrogen and oxygen atoms in total. The number of nitrogens with one attached hydrogen (secondary N) is 1. The molecule has 2 rings (SSSR count). The summed E-state index contributed by atoms with van der Waals surface area (Å²) in [6, 6.07) is 17.1. The van der Waals surface area contributed by atoms with Crippen molar-refractivity contribution in [3.63, 3.8) is 0 Å². The van der Waals surface area contributed by atoms with Gasteiger partial charge in [-0.1, -0.05) is 50.6 Å². The second kappa shape index (κ2) is 13.3. The molecule has 2 aromatic rings. The predicted octanol–water partition coefficient (Wildman–Crippen LogP) is 4.44.